The molecule has 7 nitrogen and oxygen atoms in total. The molecular formula is C18H25N7S. The summed E-state index contributed by atoms with van der Waals surface area (Å²) in [5, 5.41) is 5.29. The number of hydrogen-bond acceptors (Lipinski definition) is 8. The quantitative estimate of drug-likeness (QED) is 0.173. The van der Waals surface area contributed by atoms with Crippen molar-refractivity contribution in [3.8, 4) is 12.3 Å². The number of nitrogen functional groups attached to an aromatic ring is 1. The molecule has 0 amide bonds. The van der Waals surface area contributed by atoms with Gasteiger partial charge in [-0.1, -0.05) is 36.7 Å². The molecule has 0 spiro atoms. The third-order valence-corrected chi connectivity index (χ3v) is 4.58. The second-order valence-corrected chi connectivity index (χ2v) is 6.69. The standard InChI is InChI=1S/C18H25N7S/c1-3-11-26-18-23-16(22-10-9-19)15(20)17(24-18)25(21)12-14-7-5-13(4-2)6-8-14/h2,5-8H,3,9-12,19-21H2,1H3,(H,22,23,24). The van der Waals surface area contributed by atoms with Crippen molar-refractivity contribution in [1.29, 1.82) is 0 Å². The van der Waals surface area contributed by atoms with Gasteiger partial charge in [0.05, 0.1) is 6.54 Å². The number of aromatic nitrogens is 2. The number of nitrogens with two attached hydrogens (primary N) is 3. The van der Waals surface area contributed by atoms with E-state index in [1.807, 2.05) is 24.3 Å². The summed E-state index contributed by atoms with van der Waals surface area (Å²) < 4.78 is 0. The number of benzene rings is 1. The normalized spacial score (nSPS) is 10.4. The maximum atomic E-state index is 6.25. The zero-order valence-corrected chi connectivity index (χ0v) is 15.7. The van der Waals surface area contributed by atoms with Crippen LogP contribution in [0.1, 0.15) is 24.5 Å². The summed E-state index contributed by atoms with van der Waals surface area (Å²) in [6.07, 6.45) is 6.41. The summed E-state index contributed by atoms with van der Waals surface area (Å²) in [6, 6.07) is 7.63. The predicted molar refractivity (Wildman–Crippen MR) is 110 cm³/mol. The molecule has 8 heteroatoms. The Morgan fingerprint density at radius 2 is 2.00 bits per heavy atom. The van der Waals surface area contributed by atoms with E-state index in [4.69, 9.17) is 23.7 Å². The van der Waals surface area contributed by atoms with E-state index >= 15 is 0 Å². The highest BCUT2D eigenvalue weighted by molar-refractivity contribution is 7.99. The van der Waals surface area contributed by atoms with Crippen LogP contribution in [0.25, 0.3) is 0 Å². The number of terminal acetylenes is 1. The van der Waals surface area contributed by atoms with E-state index in [2.05, 4.69) is 28.1 Å². The summed E-state index contributed by atoms with van der Waals surface area (Å²) in [6.45, 7) is 3.59. The molecule has 1 aromatic carbocycles. The molecule has 0 saturated carbocycles. The average molecular weight is 372 g/mol. The van der Waals surface area contributed by atoms with E-state index in [9.17, 15) is 0 Å². The van der Waals surface area contributed by atoms with E-state index in [0.717, 1.165) is 23.3 Å². The monoisotopic (exact) mass is 371 g/mol. The van der Waals surface area contributed by atoms with Gasteiger partial charge in [-0.15, -0.1) is 6.42 Å². The Balaban J connectivity index is 2.27. The number of thioether (sulfide) groups is 1. The number of hydrazine groups is 1. The first-order valence-electron chi connectivity index (χ1n) is 8.41. The smallest absolute Gasteiger partial charge is 0.191 e. The molecule has 2 aromatic rings. The molecule has 0 saturated heterocycles. The van der Waals surface area contributed by atoms with Crippen molar-refractivity contribution in [3.63, 3.8) is 0 Å². The Morgan fingerprint density at radius 1 is 1.27 bits per heavy atom. The number of hydrogen-bond donors (Lipinski definition) is 4. The molecule has 1 heterocycles. The van der Waals surface area contributed by atoms with Crippen LogP contribution in [0.4, 0.5) is 17.3 Å². The summed E-state index contributed by atoms with van der Waals surface area (Å²) in [5.74, 6) is 10.8. The van der Waals surface area contributed by atoms with Gasteiger partial charge in [0.15, 0.2) is 16.8 Å². The Hall–Kier alpha value is -2.47. The largest absolute Gasteiger partial charge is 0.393 e. The van der Waals surface area contributed by atoms with Crippen molar-refractivity contribution in [3.05, 3.63) is 35.4 Å². The van der Waals surface area contributed by atoms with Gasteiger partial charge in [0.2, 0.25) is 0 Å². The molecule has 0 atom stereocenters. The molecule has 0 radical (unpaired) electrons. The van der Waals surface area contributed by atoms with Crippen LogP contribution in [0.5, 0.6) is 0 Å². The number of nitrogens with zero attached hydrogens (tertiary/aromatic N) is 3. The van der Waals surface area contributed by atoms with Gasteiger partial charge in [-0.05, 0) is 24.1 Å². The molecule has 7 N–H and O–H groups in total. The van der Waals surface area contributed by atoms with Crippen molar-refractivity contribution in [2.24, 2.45) is 11.6 Å². The number of anilines is 3. The minimum absolute atomic E-state index is 0.405. The summed E-state index contributed by atoms with van der Waals surface area (Å²) in [7, 11) is 0. The second-order valence-electron chi connectivity index (χ2n) is 5.63. The van der Waals surface area contributed by atoms with Gasteiger partial charge in [0.1, 0.15) is 5.69 Å². The van der Waals surface area contributed by atoms with E-state index in [0.29, 0.717) is 42.1 Å². The Labute approximate surface area is 158 Å². The van der Waals surface area contributed by atoms with Crippen molar-refractivity contribution in [2.45, 2.75) is 25.0 Å². The number of nitrogens with one attached hydrogen (secondary N) is 1. The molecule has 0 unspecified atom stereocenters. The topological polar surface area (TPSA) is 119 Å². The minimum Gasteiger partial charge on any atom is -0.393 e. The van der Waals surface area contributed by atoms with Crippen molar-refractivity contribution in [2.75, 3.05) is 34.9 Å². The molecule has 0 bridgehead atoms. The molecular weight excluding hydrogens is 346 g/mol. The molecule has 138 valence electrons. The lowest BCUT2D eigenvalue weighted by atomic mass is 10.1. The van der Waals surface area contributed by atoms with Crippen LogP contribution in [0.15, 0.2) is 29.4 Å². The van der Waals surface area contributed by atoms with Crippen LogP contribution in [-0.2, 0) is 6.54 Å². The summed E-state index contributed by atoms with van der Waals surface area (Å²) >= 11 is 1.57. The molecule has 0 aliphatic heterocycles. The zero-order chi connectivity index (χ0) is 18.9. The second kappa shape index (κ2) is 9.87. The van der Waals surface area contributed by atoms with Gasteiger partial charge < -0.3 is 16.8 Å². The lowest BCUT2D eigenvalue weighted by Gasteiger charge is -2.21. The average Bonchev–Trinajstić information content (AvgIpc) is 2.66. The number of rotatable bonds is 9. The van der Waals surface area contributed by atoms with Crippen LogP contribution < -0.4 is 27.6 Å². The van der Waals surface area contributed by atoms with Gasteiger partial charge in [0, 0.05) is 24.4 Å². The van der Waals surface area contributed by atoms with Crippen LogP contribution in [0, 0.1) is 12.3 Å². The van der Waals surface area contributed by atoms with Gasteiger partial charge in [-0.2, -0.15) is 0 Å². The highest BCUT2D eigenvalue weighted by atomic mass is 32.2. The Kier molecular flexibility index (Phi) is 7.53. The summed E-state index contributed by atoms with van der Waals surface area (Å²) in [4.78, 5) is 9.01. The first-order chi connectivity index (χ1) is 12.6. The van der Waals surface area contributed by atoms with Gasteiger partial charge >= 0.3 is 0 Å². The van der Waals surface area contributed by atoms with Gasteiger partial charge in [-0.3, -0.25) is 5.01 Å². The van der Waals surface area contributed by atoms with Crippen molar-refractivity contribution >= 4 is 29.1 Å². The maximum absolute atomic E-state index is 6.25. The molecule has 2 rings (SSSR count). The van der Waals surface area contributed by atoms with E-state index in [-0.39, 0.29) is 0 Å². The lowest BCUT2D eigenvalue weighted by molar-refractivity contribution is 0.808. The van der Waals surface area contributed by atoms with Crippen molar-refractivity contribution in [1.82, 2.24) is 9.97 Å². The Bertz CT molecular complexity index is 755. The van der Waals surface area contributed by atoms with Crippen LogP contribution >= 0.6 is 11.8 Å². The highest BCUT2D eigenvalue weighted by Gasteiger charge is 2.16. The fraction of sp³-hybridized carbons (Fsp3) is 0.333. The Morgan fingerprint density at radius 3 is 2.62 bits per heavy atom. The third-order valence-electron chi connectivity index (χ3n) is 3.52. The maximum Gasteiger partial charge on any atom is 0.191 e. The lowest BCUT2D eigenvalue weighted by Crippen LogP contribution is -2.32. The van der Waals surface area contributed by atoms with Crippen LogP contribution in [-0.4, -0.2) is 28.8 Å². The molecule has 0 fully saturated rings. The van der Waals surface area contributed by atoms with Gasteiger partial charge in [-0.25, -0.2) is 15.8 Å². The van der Waals surface area contributed by atoms with E-state index in [1.54, 1.807) is 11.8 Å². The SMILES string of the molecule is C#Cc1ccc(CN(N)c2nc(SCCC)nc(NCCN)c2N)cc1. The predicted octanol–water partition coefficient (Wildman–Crippen LogP) is 1.79. The molecule has 26 heavy (non-hydrogen) atoms. The minimum atomic E-state index is 0.405. The fourth-order valence-electron chi connectivity index (χ4n) is 2.22. The van der Waals surface area contributed by atoms with Crippen LogP contribution in [0.3, 0.4) is 0 Å². The first kappa shape index (κ1) is 19.8. The van der Waals surface area contributed by atoms with E-state index in [1.165, 1.54) is 5.01 Å². The van der Waals surface area contributed by atoms with Crippen molar-refractivity contribution < 1.29 is 0 Å². The van der Waals surface area contributed by atoms with Crippen LogP contribution in [0.2, 0.25) is 0 Å². The third kappa shape index (κ3) is 5.26. The zero-order valence-electron chi connectivity index (χ0n) is 14.9. The highest BCUT2D eigenvalue weighted by Crippen LogP contribution is 2.30. The van der Waals surface area contributed by atoms with E-state index < -0.39 is 0 Å². The summed E-state index contributed by atoms with van der Waals surface area (Å²) in [5.41, 5.74) is 14.0. The molecule has 1 aromatic heterocycles. The fourth-order valence-corrected chi connectivity index (χ4v) is 2.91. The van der Waals surface area contributed by atoms with Gasteiger partial charge in [0.25, 0.3) is 0 Å². The molecule has 0 aliphatic carbocycles. The first-order valence-corrected chi connectivity index (χ1v) is 9.39. The molecule has 0 aliphatic rings.